The number of anilines is 2. The van der Waals surface area contributed by atoms with Gasteiger partial charge < -0.3 is 24.3 Å². The van der Waals surface area contributed by atoms with Crippen LogP contribution in [-0.2, 0) is 21.8 Å². The van der Waals surface area contributed by atoms with E-state index in [2.05, 4.69) is 94.3 Å². The number of thioether (sulfide) groups is 1. The van der Waals surface area contributed by atoms with Crippen LogP contribution in [0.2, 0.25) is 0 Å². The monoisotopic (exact) mass is 667 g/mol. The maximum atomic E-state index is 13.6. The molecule has 1 aliphatic heterocycles. The van der Waals surface area contributed by atoms with Crippen molar-refractivity contribution in [2.75, 3.05) is 43.1 Å². The minimum Gasteiger partial charge on any atom is -0.491 e. The van der Waals surface area contributed by atoms with Gasteiger partial charge in [-0.2, -0.15) is 0 Å². The highest BCUT2D eigenvalue weighted by molar-refractivity contribution is 7.98. The van der Waals surface area contributed by atoms with Crippen LogP contribution in [0.15, 0.2) is 83.5 Å². The highest BCUT2D eigenvalue weighted by atomic mass is 32.2. The third-order valence-electron chi connectivity index (χ3n) is 8.32. The quantitative estimate of drug-likeness (QED) is 0.0890. The lowest BCUT2D eigenvalue weighted by Crippen LogP contribution is -2.28. The predicted octanol–water partition coefficient (Wildman–Crippen LogP) is 8.88. The van der Waals surface area contributed by atoms with E-state index in [0.717, 1.165) is 115 Å². The highest BCUT2D eigenvalue weighted by Crippen LogP contribution is 2.33. The summed E-state index contributed by atoms with van der Waals surface area (Å²) in [5.41, 5.74) is 6.04. The van der Waals surface area contributed by atoms with E-state index in [1.807, 2.05) is 24.3 Å². The molecule has 48 heavy (non-hydrogen) atoms. The van der Waals surface area contributed by atoms with Crippen LogP contribution in [0.3, 0.4) is 0 Å². The van der Waals surface area contributed by atoms with Gasteiger partial charge >= 0.3 is 0 Å². The number of carbonyl (C=O) groups excluding carboxylic acids is 1. The Hall–Kier alpha value is -4.08. The number of fused-ring (bicyclic) bond motifs is 1. The number of hydrogen-bond donors (Lipinski definition) is 1. The Bertz CT molecular complexity index is 1620. The number of aryl methyl sites for hydroxylation is 1. The van der Waals surface area contributed by atoms with Gasteiger partial charge in [0.25, 0.3) is 5.91 Å². The van der Waals surface area contributed by atoms with Crippen LogP contribution in [0.5, 0.6) is 5.75 Å². The Balaban J connectivity index is 1.27. The van der Waals surface area contributed by atoms with Gasteiger partial charge in [-0.25, -0.2) is 0 Å². The van der Waals surface area contributed by atoms with Gasteiger partial charge in [-0.15, -0.1) is 22.0 Å². The molecule has 4 aromatic rings. The average Bonchev–Trinajstić information content (AvgIpc) is 3.55. The van der Waals surface area contributed by atoms with Crippen LogP contribution in [0.1, 0.15) is 70.7 Å². The number of nitrogens with one attached hydrogen (secondary N) is 1. The van der Waals surface area contributed by atoms with E-state index in [1.54, 1.807) is 18.1 Å². The Kier molecular flexibility index (Phi) is 13.5. The molecule has 5 rings (SSSR count). The molecular formula is C39H49N5O3S. The lowest BCUT2D eigenvalue weighted by Gasteiger charge is -2.29. The first kappa shape index (κ1) is 35.2. The van der Waals surface area contributed by atoms with Crippen LogP contribution in [0, 0.1) is 0 Å². The summed E-state index contributed by atoms with van der Waals surface area (Å²) in [7, 11) is 0. The second-order valence-corrected chi connectivity index (χ2v) is 13.1. The number of rotatable bonds is 17. The molecule has 1 amide bonds. The second-order valence-electron chi connectivity index (χ2n) is 12.1. The summed E-state index contributed by atoms with van der Waals surface area (Å²) in [6, 6.07) is 22.9. The fourth-order valence-corrected chi connectivity index (χ4v) is 6.63. The van der Waals surface area contributed by atoms with Gasteiger partial charge in [0.15, 0.2) is 0 Å². The third kappa shape index (κ3) is 9.97. The Morgan fingerprint density at radius 2 is 1.69 bits per heavy atom. The summed E-state index contributed by atoms with van der Waals surface area (Å²) in [6.45, 7) is 11.3. The van der Waals surface area contributed by atoms with Crippen LogP contribution in [-0.4, -0.2) is 53.6 Å². The first-order chi connectivity index (χ1) is 23.6. The third-order valence-corrected chi connectivity index (χ3v) is 9.33. The molecule has 254 valence electrons. The Morgan fingerprint density at radius 3 is 2.46 bits per heavy atom. The number of amides is 1. The van der Waals surface area contributed by atoms with Crippen LogP contribution >= 0.6 is 11.8 Å². The van der Waals surface area contributed by atoms with E-state index in [9.17, 15) is 4.79 Å². The summed E-state index contributed by atoms with van der Waals surface area (Å²) in [5, 5.41) is 11.5. The summed E-state index contributed by atoms with van der Waals surface area (Å²) >= 11 is 1.72. The van der Waals surface area contributed by atoms with E-state index in [4.69, 9.17) is 9.47 Å². The zero-order chi connectivity index (χ0) is 33.6. The zero-order valence-corrected chi connectivity index (χ0v) is 29.4. The zero-order valence-electron chi connectivity index (χ0n) is 28.6. The number of nitrogens with zero attached hydrogens (tertiary/aromatic N) is 4. The first-order valence-corrected chi connectivity index (χ1v) is 18.4. The van der Waals surface area contributed by atoms with E-state index < -0.39 is 0 Å². The highest BCUT2D eigenvalue weighted by Gasteiger charge is 2.19. The molecule has 0 radical (unpaired) electrons. The lowest BCUT2D eigenvalue weighted by molar-refractivity contribution is -0.112. The molecule has 2 heterocycles. The van der Waals surface area contributed by atoms with Gasteiger partial charge in [0.2, 0.25) is 0 Å². The maximum Gasteiger partial charge on any atom is 0.251 e. The Morgan fingerprint density at radius 1 is 0.896 bits per heavy atom. The molecule has 1 aromatic heterocycles. The van der Waals surface area contributed by atoms with Gasteiger partial charge in [-0.05, 0) is 103 Å². The standard InChI is InChI=1S/C39H49N5O3S/c1-4-7-23-46-24-25-47-35-15-10-30(11-16-35)31-12-19-37-33(26-31)27-32(9-8-22-43(37)20-5-2)39(45)41-34-13-17-36(18-14-34)48-28-38-42-40-29-44(38)21-6-3/h10-19,26-27,29H,4-9,20-25,28H2,1-3H3,(H,41,45)/b32-27+. The number of benzene rings is 3. The molecule has 0 fully saturated rings. The maximum absolute atomic E-state index is 13.6. The summed E-state index contributed by atoms with van der Waals surface area (Å²) in [6.07, 6.45) is 9.84. The summed E-state index contributed by atoms with van der Waals surface area (Å²) < 4.78 is 13.6. The molecule has 3 aromatic carbocycles. The van der Waals surface area contributed by atoms with Crippen molar-refractivity contribution in [1.29, 1.82) is 0 Å². The number of aromatic nitrogens is 3. The molecular weight excluding hydrogens is 619 g/mol. The molecule has 0 aliphatic carbocycles. The van der Waals surface area contributed by atoms with E-state index >= 15 is 0 Å². The largest absolute Gasteiger partial charge is 0.491 e. The molecule has 0 saturated carbocycles. The van der Waals surface area contributed by atoms with Crippen LogP contribution < -0.4 is 15.0 Å². The number of hydrogen-bond acceptors (Lipinski definition) is 7. The van der Waals surface area contributed by atoms with E-state index in [0.29, 0.717) is 13.2 Å². The topological polar surface area (TPSA) is 81.5 Å². The molecule has 8 nitrogen and oxygen atoms in total. The van der Waals surface area contributed by atoms with Gasteiger partial charge in [0.1, 0.15) is 24.5 Å². The molecule has 1 aliphatic rings. The predicted molar refractivity (Wildman–Crippen MR) is 198 cm³/mol. The van der Waals surface area contributed by atoms with Gasteiger partial charge in [-0.3, -0.25) is 4.79 Å². The minimum absolute atomic E-state index is 0.0523. The molecule has 1 N–H and O–H groups in total. The van der Waals surface area contributed by atoms with Crippen molar-refractivity contribution >= 4 is 35.1 Å². The first-order valence-electron chi connectivity index (χ1n) is 17.4. The molecule has 0 spiro atoms. The lowest BCUT2D eigenvalue weighted by atomic mass is 9.96. The van der Waals surface area contributed by atoms with Gasteiger partial charge in [0, 0.05) is 48.1 Å². The van der Waals surface area contributed by atoms with Crippen molar-refractivity contribution < 1.29 is 14.3 Å². The fourth-order valence-electron chi connectivity index (χ4n) is 5.78. The van der Waals surface area contributed by atoms with Crippen molar-refractivity contribution in [2.24, 2.45) is 0 Å². The molecule has 0 bridgehead atoms. The number of carbonyl (C=O) groups is 1. The molecule has 0 unspecified atom stereocenters. The minimum atomic E-state index is -0.0523. The van der Waals surface area contributed by atoms with Crippen molar-refractivity contribution in [1.82, 2.24) is 14.8 Å². The average molecular weight is 668 g/mol. The number of ether oxygens (including phenoxy) is 2. The summed E-state index contributed by atoms with van der Waals surface area (Å²) in [5.74, 6) is 2.51. The number of unbranched alkanes of at least 4 members (excludes halogenated alkanes) is 1. The van der Waals surface area contributed by atoms with Crippen molar-refractivity contribution in [2.45, 2.75) is 76.5 Å². The smallest absolute Gasteiger partial charge is 0.251 e. The molecule has 9 heteroatoms. The van der Waals surface area contributed by atoms with Crippen molar-refractivity contribution in [3.05, 3.63) is 90.0 Å². The van der Waals surface area contributed by atoms with Crippen molar-refractivity contribution in [3.63, 3.8) is 0 Å². The van der Waals surface area contributed by atoms with Gasteiger partial charge in [0.05, 0.1) is 12.4 Å². The van der Waals surface area contributed by atoms with E-state index in [-0.39, 0.29) is 5.91 Å². The molecule has 0 saturated heterocycles. The van der Waals surface area contributed by atoms with Crippen molar-refractivity contribution in [3.8, 4) is 16.9 Å². The summed E-state index contributed by atoms with van der Waals surface area (Å²) in [4.78, 5) is 17.2. The fraction of sp³-hybridized carbons (Fsp3) is 0.410. The van der Waals surface area contributed by atoms with E-state index in [1.165, 1.54) is 5.69 Å². The van der Waals surface area contributed by atoms with Gasteiger partial charge in [-0.1, -0.05) is 45.4 Å². The normalized spacial score (nSPS) is 14.1. The van der Waals surface area contributed by atoms with Crippen LogP contribution in [0.4, 0.5) is 11.4 Å². The SMILES string of the molecule is CCCCOCCOc1ccc(-c2ccc3c(c2)/C=C(/C(=O)Nc2ccc(SCc4nncn4CCC)cc2)CCCN3CCC)cc1. The van der Waals surface area contributed by atoms with Crippen LogP contribution in [0.25, 0.3) is 17.2 Å². The Labute approximate surface area is 289 Å². The second kappa shape index (κ2) is 18.5. The molecule has 0 atom stereocenters.